The van der Waals surface area contributed by atoms with Gasteiger partial charge in [-0.2, -0.15) is 9.50 Å². The van der Waals surface area contributed by atoms with Crippen LogP contribution in [0.3, 0.4) is 0 Å². The smallest absolute Gasteiger partial charge is 0.291 e. The zero-order chi connectivity index (χ0) is 19.1. The third-order valence-electron chi connectivity index (χ3n) is 4.15. The van der Waals surface area contributed by atoms with E-state index in [2.05, 4.69) is 15.1 Å². The molecule has 6 nitrogen and oxygen atoms in total. The van der Waals surface area contributed by atoms with E-state index in [1.165, 1.54) is 15.9 Å². The molecule has 0 aliphatic rings. The van der Waals surface area contributed by atoms with Crippen molar-refractivity contribution in [1.29, 1.82) is 0 Å². The summed E-state index contributed by atoms with van der Waals surface area (Å²) in [5.74, 6) is 1.79. The molecule has 0 amide bonds. The van der Waals surface area contributed by atoms with Gasteiger partial charge in [0, 0.05) is 34.6 Å². The summed E-state index contributed by atoms with van der Waals surface area (Å²) in [4.78, 5) is 21.6. The maximum atomic E-state index is 12.7. The Labute approximate surface area is 167 Å². The van der Waals surface area contributed by atoms with E-state index in [1.54, 1.807) is 42.7 Å². The Kier molecular flexibility index (Phi) is 4.03. The van der Waals surface area contributed by atoms with Crippen molar-refractivity contribution < 1.29 is 4.42 Å². The number of nitrogens with zero attached hydrogens (tertiary/aromatic N) is 4. The Balaban J connectivity index is 1.52. The summed E-state index contributed by atoms with van der Waals surface area (Å²) >= 11 is 7.19. The number of hydrogen-bond donors (Lipinski definition) is 0. The van der Waals surface area contributed by atoms with Gasteiger partial charge in [-0.3, -0.25) is 9.78 Å². The first-order chi connectivity index (χ1) is 13.7. The monoisotopic (exact) mass is 406 g/mol. The fourth-order valence-electron chi connectivity index (χ4n) is 2.79. The van der Waals surface area contributed by atoms with E-state index >= 15 is 0 Å². The van der Waals surface area contributed by atoms with Crippen molar-refractivity contribution in [2.45, 2.75) is 0 Å². The lowest BCUT2D eigenvalue weighted by Gasteiger charge is -1.96. The van der Waals surface area contributed by atoms with Crippen molar-refractivity contribution in [3.8, 4) is 22.7 Å². The molecule has 0 spiro atoms. The lowest BCUT2D eigenvalue weighted by molar-refractivity contribution is 0.571. The Bertz CT molecular complexity index is 1390. The standard InChI is InChI=1S/C20H11ClN4O2S/c21-14-3-1-12(2-4-14)16-6-5-15(27-16)11-17-19(26)25-20(28-17)23-18(24-25)13-7-9-22-10-8-13/h1-11H. The predicted octanol–water partition coefficient (Wildman–Crippen LogP) is 3.67. The van der Waals surface area contributed by atoms with Gasteiger partial charge < -0.3 is 4.42 Å². The molecule has 0 atom stereocenters. The minimum absolute atomic E-state index is 0.225. The molecule has 4 aromatic heterocycles. The molecule has 0 aliphatic heterocycles. The van der Waals surface area contributed by atoms with Gasteiger partial charge in [-0.05, 0) is 48.5 Å². The highest BCUT2D eigenvalue weighted by molar-refractivity contribution is 7.15. The first-order valence-corrected chi connectivity index (χ1v) is 9.54. The number of benzene rings is 1. The van der Waals surface area contributed by atoms with Crippen LogP contribution in [0.1, 0.15) is 5.76 Å². The van der Waals surface area contributed by atoms with Gasteiger partial charge in [-0.1, -0.05) is 22.9 Å². The van der Waals surface area contributed by atoms with Crippen LogP contribution in [0, 0.1) is 0 Å². The normalized spacial score (nSPS) is 12.1. The lowest BCUT2D eigenvalue weighted by Crippen LogP contribution is -2.23. The molecule has 0 radical (unpaired) electrons. The molecular formula is C20H11ClN4O2S. The second-order valence-corrected chi connectivity index (χ2v) is 7.44. The summed E-state index contributed by atoms with van der Waals surface area (Å²) < 4.78 is 7.67. The number of hydrogen-bond acceptors (Lipinski definition) is 6. The first kappa shape index (κ1) is 16.9. The van der Waals surface area contributed by atoms with Crippen LogP contribution in [0.4, 0.5) is 0 Å². The van der Waals surface area contributed by atoms with Crippen LogP contribution in [0.2, 0.25) is 5.02 Å². The van der Waals surface area contributed by atoms with Crippen molar-refractivity contribution in [2.24, 2.45) is 0 Å². The molecule has 0 fully saturated rings. The van der Waals surface area contributed by atoms with Crippen molar-refractivity contribution in [2.75, 3.05) is 0 Å². The van der Waals surface area contributed by atoms with Crippen molar-refractivity contribution in [3.63, 3.8) is 0 Å². The highest BCUT2D eigenvalue weighted by atomic mass is 35.5. The molecule has 0 bridgehead atoms. The molecule has 8 heteroatoms. The third-order valence-corrected chi connectivity index (χ3v) is 5.36. The van der Waals surface area contributed by atoms with Crippen LogP contribution in [0.15, 0.2) is 70.1 Å². The number of fused-ring (bicyclic) bond motifs is 1. The largest absolute Gasteiger partial charge is 0.457 e. The van der Waals surface area contributed by atoms with Crippen molar-refractivity contribution >= 4 is 34.0 Å². The minimum Gasteiger partial charge on any atom is -0.457 e. The Hall–Kier alpha value is -3.29. The van der Waals surface area contributed by atoms with Gasteiger partial charge in [0.15, 0.2) is 5.82 Å². The van der Waals surface area contributed by atoms with Gasteiger partial charge in [0.2, 0.25) is 4.96 Å². The Morgan fingerprint density at radius 3 is 2.54 bits per heavy atom. The predicted molar refractivity (Wildman–Crippen MR) is 108 cm³/mol. The summed E-state index contributed by atoms with van der Waals surface area (Å²) in [7, 11) is 0. The maximum absolute atomic E-state index is 12.7. The molecule has 0 saturated heterocycles. The highest BCUT2D eigenvalue weighted by Gasteiger charge is 2.12. The number of thiazole rings is 1. The quantitative estimate of drug-likeness (QED) is 0.457. The second kappa shape index (κ2) is 6.70. The van der Waals surface area contributed by atoms with Crippen molar-refractivity contribution in [1.82, 2.24) is 19.6 Å². The lowest BCUT2D eigenvalue weighted by atomic mass is 10.2. The van der Waals surface area contributed by atoms with E-state index < -0.39 is 0 Å². The molecule has 5 rings (SSSR count). The Morgan fingerprint density at radius 1 is 1.00 bits per heavy atom. The zero-order valence-corrected chi connectivity index (χ0v) is 15.8. The Morgan fingerprint density at radius 2 is 1.79 bits per heavy atom. The molecule has 0 unspecified atom stereocenters. The fraction of sp³-hybridized carbons (Fsp3) is 0. The van der Waals surface area contributed by atoms with E-state index in [9.17, 15) is 4.79 Å². The van der Waals surface area contributed by atoms with Crippen LogP contribution in [0.5, 0.6) is 0 Å². The van der Waals surface area contributed by atoms with E-state index in [-0.39, 0.29) is 5.56 Å². The number of furan rings is 1. The molecule has 136 valence electrons. The topological polar surface area (TPSA) is 73.3 Å². The maximum Gasteiger partial charge on any atom is 0.291 e. The molecule has 0 N–H and O–H groups in total. The number of aromatic nitrogens is 4. The van der Waals surface area contributed by atoms with Gasteiger partial charge in [-0.15, -0.1) is 5.10 Å². The van der Waals surface area contributed by atoms with Crippen LogP contribution in [-0.2, 0) is 0 Å². The highest BCUT2D eigenvalue weighted by Crippen LogP contribution is 2.24. The van der Waals surface area contributed by atoms with Gasteiger partial charge >= 0.3 is 0 Å². The van der Waals surface area contributed by atoms with E-state index in [1.807, 2.05) is 24.3 Å². The first-order valence-electron chi connectivity index (χ1n) is 8.35. The van der Waals surface area contributed by atoms with E-state index in [0.717, 1.165) is 11.1 Å². The van der Waals surface area contributed by atoms with Crippen LogP contribution < -0.4 is 10.1 Å². The van der Waals surface area contributed by atoms with Crippen LogP contribution in [0.25, 0.3) is 33.7 Å². The summed E-state index contributed by atoms with van der Waals surface area (Å²) in [6, 6.07) is 14.7. The van der Waals surface area contributed by atoms with Gasteiger partial charge in [-0.25, -0.2) is 0 Å². The number of rotatable bonds is 3. The minimum atomic E-state index is -0.225. The van der Waals surface area contributed by atoms with E-state index in [4.69, 9.17) is 16.0 Å². The molecule has 0 aliphatic carbocycles. The third kappa shape index (κ3) is 3.00. The van der Waals surface area contributed by atoms with E-state index in [0.29, 0.717) is 31.9 Å². The van der Waals surface area contributed by atoms with Crippen molar-refractivity contribution in [3.05, 3.63) is 86.6 Å². The summed E-state index contributed by atoms with van der Waals surface area (Å²) in [5.41, 5.74) is 1.50. The zero-order valence-electron chi connectivity index (χ0n) is 14.2. The molecule has 28 heavy (non-hydrogen) atoms. The SMILES string of the molecule is O=c1c(=Cc2ccc(-c3ccc(Cl)cc3)o2)sc2nc(-c3ccncc3)nn12. The van der Waals surface area contributed by atoms with Gasteiger partial charge in [0.05, 0.1) is 0 Å². The van der Waals surface area contributed by atoms with Gasteiger partial charge in [0.1, 0.15) is 16.1 Å². The van der Waals surface area contributed by atoms with Gasteiger partial charge in [0.25, 0.3) is 5.56 Å². The molecule has 5 aromatic rings. The molecular weight excluding hydrogens is 396 g/mol. The summed E-state index contributed by atoms with van der Waals surface area (Å²) in [6.45, 7) is 0. The average Bonchev–Trinajstić information content (AvgIpc) is 3.41. The molecule has 0 saturated carbocycles. The summed E-state index contributed by atoms with van der Waals surface area (Å²) in [5, 5.41) is 4.98. The molecule has 4 heterocycles. The average molecular weight is 407 g/mol. The number of halogens is 1. The molecule has 1 aromatic carbocycles. The second-order valence-electron chi connectivity index (χ2n) is 5.99. The number of pyridine rings is 1. The van der Waals surface area contributed by atoms with Crippen LogP contribution >= 0.6 is 22.9 Å². The summed E-state index contributed by atoms with van der Waals surface area (Å²) in [6.07, 6.45) is 5.03. The van der Waals surface area contributed by atoms with Crippen LogP contribution in [-0.4, -0.2) is 19.6 Å². The fourth-order valence-corrected chi connectivity index (χ4v) is 3.80.